The molecule has 0 aliphatic carbocycles. The molecule has 0 N–H and O–H groups in total. The molecule has 2 aliphatic heterocycles. The Bertz CT molecular complexity index is 936. The highest BCUT2D eigenvalue weighted by atomic mass is 32.1. The van der Waals surface area contributed by atoms with Gasteiger partial charge in [0.1, 0.15) is 5.69 Å². The average molecular weight is 393 g/mol. The first-order chi connectivity index (χ1) is 13.6. The maximum Gasteiger partial charge on any atom is 0.250 e. The van der Waals surface area contributed by atoms with Gasteiger partial charge in [-0.05, 0) is 43.5 Å². The van der Waals surface area contributed by atoms with Gasteiger partial charge in [-0.3, -0.25) is 0 Å². The van der Waals surface area contributed by atoms with Gasteiger partial charge in [0, 0.05) is 30.5 Å². The molecule has 0 amide bonds. The van der Waals surface area contributed by atoms with Crippen LogP contribution in [0.1, 0.15) is 49.4 Å². The minimum Gasteiger partial charge on any atom is -0.459 e. The predicted molar refractivity (Wildman–Crippen MR) is 109 cm³/mol. The molecular formula is C22H24N4OS. The van der Waals surface area contributed by atoms with Crippen molar-refractivity contribution in [2.24, 2.45) is 11.8 Å². The third kappa shape index (κ3) is 4.04. The van der Waals surface area contributed by atoms with Crippen LogP contribution in [0, 0.1) is 35.0 Å². The lowest BCUT2D eigenvalue weighted by molar-refractivity contribution is 0.196. The number of nitrogens with zero attached hydrogens (tertiary/aromatic N) is 4. The molecule has 2 aromatic rings. The van der Waals surface area contributed by atoms with Gasteiger partial charge in [0.15, 0.2) is 6.10 Å². The second-order valence-electron chi connectivity index (χ2n) is 7.97. The van der Waals surface area contributed by atoms with E-state index < -0.39 is 0 Å². The zero-order chi connectivity index (χ0) is 19.5. The summed E-state index contributed by atoms with van der Waals surface area (Å²) in [5, 5.41) is 9.06. The number of nitriles is 1. The monoisotopic (exact) mass is 392 g/mol. The smallest absolute Gasteiger partial charge is 0.250 e. The number of piperidine rings is 1. The number of rotatable bonds is 4. The Hall–Kier alpha value is -2.41. The molecule has 0 radical (unpaired) electrons. The summed E-state index contributed by atoms with van der Waals surface area (Å²) >= 11 is 1.23. The fraction of sp³-hybridized carbons (Fsp3) is 0.500. The lowest BCUT2D eigenvalue weighted by atomic mass is 9.89. The molecule has 0 saturated carbocycles. The number of hydrogen-bond acceptors (Lipinski definition) is 6. The van der Waals surface area contributed by atoms with Crippen molar-refractivity contribution in [3.63, 3.8) is 0 Å². The number of fused-ring (bicyclic) bond motifs is 2. The van der Waals surface area contributed by atoms with E-state index in [0.717, 1.165) is 17.8 Å². The van der Waals surface area contributed by atoms with Crippen LogP contribution in [-0.2, 0) is 0 Å². The van der Waals surface area contributed by atoms with E-state index in [4.69, 9.17) is 10.00 Å². The zero-order valence-electron chi connectivity index (χ0n) is 16.3. The first-order valence-corrected chi connectivity index (χ1v) is 10.6. The van der Waals surface area contributed by atoms with Gasteiger partial charge in [0.2, 0.25) is 0 Å². The van der Waals surface area contributed by atoms with E-state index in [0.29, 0.717) is 23.3 Å². The van der Waals surface area contributed by atoms with E-state index in [1.807, 2.05) is 12.1 Å². The van der Waals surface area contributed by atoms with Crippen LogP contribution in [0.15, 0.2) is 24.3 Å². The lowest BCUT2D eigenvalue weighted by Gasteiger charge is -2.22. The Morgan fingerprint density at radius 2 is 2.11 bits per heavy atom. The Morgan fingerprint density at radius 1 is 1.25 bits per heavy atom. The molecule has 1 aromatic heterocycles. The highest BCUT2D eigenvalue weighted by molar-refractivity contribution is 6.99. The molecular weight excluding hydrogens is 368 g/mol. The molecule has 0 spiro atoms. The summed E-state index contributed by atoms with van der Waals surface area (Å²) in [4.78, 5) is 2.53. The number of aromatic nitrogens is 2. The van der Waals surface area contributed by atoms with Crippen molar-refractivity contribution in [3.05, 3.63) is 41.1 Å². The van der Waals surface area contributed by atoms with Gasteiger partial charge in [-0.15, -0.1) is 4.37 Å². The average Bonchev–Trinajstić information content (AvgIpc) is 3.28. The molecule has 6 heteroatoms. The Morgan fingerprint density at radius 3 is 2.89 bits per heavy atom. The normalized spacial score (nSPS) is 24.3. The van der Waals surface area contributed by atoms with Gasteiger partial charge in [0.25, 0.3) is 5.88 Å². The van der Waals surface area contributed by atoms with Gasteiger partial charge in [-0.1, -0.05) is 31.8 Å². The van der Waals surface area contributed by atoms with Crippen LogP contribution in [0.3, 0.4) is 0 Å². The lowest BCUT2D eigenvalue weighted by Crippen LogP contribution is -2.25. The summed E-state index contributed by atoms with van der Waals surface area (Å²) < 4.78 is 15.3. The summed E-state index contributed by atoms with van der Waals surface area (Å²) in [5.41, 5.74) is 2.45. The Kier molecular flexibility index (Phi) is 5.62. The minimum absolute atomic E-state index is 0.216. The number of benzene rings is 1. The molecule has 2 aliphatic rings. The predicted octanol–water partition coefficient (Wildman–Crippen LogP) is 3.67. The topological polar surface area (TPSA) is 62.0 Å². The second-order valence-corrected chi connectivity index (χ2v) is 8.50. The van der Waals surface area contributed by atoms with E-state index >= 15 is 0 Å². The van der Waals surface area contributed by atoms with E-state index in [1.165, 1.54) is 37.7 Å². The molecule has 28 heavy (non-hydrogen) atoms. The van der Waals surface area contributed by atoms with Gasteiger partial charge < -0.3 is 9.64 Å². The third-order valence-electron chi connectivity index (χ3n) is 5.59. The standard InChI is InChI=1S/C22H24N4OS/c1-15(2)20(9-8-16-5-3-6-17(11-16)12-23)27-22-21(24-28-25-22)19-14-26-10-4-7-18(19)13-26/h3,5-6,11,15,18-20H,4,7,10,13-14H2,1-2H3/t18-,19-,20-/m0/s1. The van der Waals surface area contributed by atoms with Crippen LogP contribution in [-0.4, -0.2) is 39.4 Å². The maximum atomic E-state index is 9.06. The van der Waals surface area contributed by atoms with E-state index in [1.54, 1.807) is 12.1 Å². The molecule has 5 nitrogen and oxygen atoms in total. The number of ether oxygens (including phenoxy) is 1. The summed E-state index contributed by atoms with van der Waals surface area (Å²) in [7, 11) is 0. The molecule has 4 atom stereocenters. The summed E-state index contributed by atoms with van der Waals surface area (Å²) in [5.74, 6) is 8.35. The highest BCUT2D eigenvalue weighted by Crippen LogP contribution is 2.41. The van der Waals surface area contributed by atoms with Crippen molar-refractivity contribution in [1.29, 1.82) is 5.26 Å². The van der Waals surface area contributed by atoms with Gasteiger partial charge in [-0.25, -0.2) is 0 Å². The van der Waals surface area contributed by atoms with Crippen LogP contribution in [0.5, 0.6) is 5.88 Å². The quantitative estimate of drug-likeness (QED) is 0.743. The summed E-state index contributed by atoms with van der Waals surface area (Å²) in [6.45, 7) is 7.62. The number of hydrogen-bond donors (Lipinski definition) is 0. The fourth-order valence-corrected chi connectivity index (χ4v) is 4.64. The Labute approximate surface area is 170 Å². The van der Waals surface area contributed by atoms with Crippen molar-refractivity contribution < 1.29 is 4.74 Å². The van der Waals surface area contributed by atoms with E-state index in [2.05, 4.69) is 45.4 Å². The first-order valence-electron chi connectivity index (χ1n) is 9.87. The molecule has 2 bridgehead atoms. The van der Waals surface area contributed by atoms with Gasteiger partial charge in [0.05, 0.1) is 23.4 Å². The van der Waals surface area contributed by atoms with Crippen LogP contribution < -0.4 is 4.74 Å². The van der Waals surface area contributed by atoms with Crippen molar-refractivity contribution in [2.45, 2.75) is 38.7 Å². The third-order valence-corrected chi connectivity index (χ3v) is 6.12. The fourth-order valence-electron chi connectivity index (χ4n) is 4.09. The highest BCUT2D eigenvalue weighted by Gasteiger charge is 2.39. The minimum atomic E-state index is -0.269. The molecule has 144 valence electrons. The van der Waals surface area contributed by atoms with Crippen LogP contribution >= 0.6 is 11.7 Å². The van der Waals surface area contributed by atoms with Gasteiger partial charge in [-0.2, -0.15) is 9.64 Å². The zero-order valence-corrected chi connectivity index (χ0v) is 17.1. The Balaban J connectivity index is 1.53. The SMILES string of the molecule is CC(C)[C@H](C#Cc1cccc(C#N)c1)Oc1nsnc1[C@H]1CN2CCC[C@H]1C2. The van der Waals surface area contributed by atoms with Crippen molar-refractivity contribution in [2.75, 3.05) is 19.6 Å². The molecule has 3 heterocycles. The second kappa shape index (κ2) is 8.31. The van der Waals surface area contributed by atoms with Crippen molar-refractivity contribution in [1.82, 2.24) is 13.6 Å². The van der Waals surface area contributed by atoms with Crippen molar-refractivity contribution >= 4 is 11.7 Å². The molecule has 1 unspecified atom stereocenters. The molecule has 2 fully saturated rings. The van der Waals surface area contributed by atoms with Crippen LogP contribution in [0.25, 0.3) is 0 Å². The van der Waals surface area contributed by atoms with Crippen LogP contribution in [0.2, 0.25) is 0 Å². The first kappa shape index (κ1) is 18.9. The van der Waals surface area contributed by atoms with Crippen molar-refractivity contribution in [3.8, 4) is 23.8 Å². The summed E-state index contributed by atoms with van der Waals surface area (Å²) in [6, 6.07) is 9.49. The van der Waals surface area contributed by atoms with Crippen LogP contribution in [0.4, 0.5) is 0 Å². The van der Waals surface area contributed by atoms with Gasteiger partial charge >= 0.3 is 0 Å². The summed E-state index contributed by atoms with van der Waals surface area (Å²) in [6.07, 6.45) is 2.27. The molecule has 4 rings (SSSR count). The largest absolute Gasteiger partial charge is 0.459 e. The molecule has 2 saturated heterocycles. The van der Waals surface area contributed by atoms with E-state index in [9.17, 15) is 0 Å². The van der Waals surface area contributed by atoms with E-state index in [-0.39, 0.29) is 12.0 Å². The molecule has 1 aromatic carbocycles. The maximum absolute atomic E-state index is 9.06.